The van der Waals surface area contributed by atoms with Crippen LogP contribution in [0.5, 0.6) is 5.75 Å². The zero-order valence-corrected chi connectivity index (χ0v) is 50.2. The van der Waals surface area contributed by atoms with Crippen molar-refractivity contribution in [2.24, 2.45) is 11.8 Å². The summed E-state index contributed by atoms with van der Waals surface area (Å²) >= 11 is 0. The molecule has 0 fully saturated rings. The molecule has 0 aliphatic carbocycles. The topological polar surface area (TPSA) is 366 Å². The molecule has 3 amide bonds. The van der Waals surface area contributed by atoms with E-state index in [0.717, 1.165) is 69.8 Å². The second kappa shape index (κ2) is 45.9. The molecule has 0 spiro atoms. The summed E-state index contributed by atoms with van der Waals surface area (Å²) in [6.07, 6.45) is 15.9. The molecule has 0 heterocycles. The van der Waals surface area contributed by atoms with Crippen molar-refractivity contribution < 1.29 is 83.1 Å². The van der Waals surface area contributed by atoms with E-state index in [1.165, 1.54) is 44.7 Å². The first-order valence-corrected chi connectivity index (χ1v) is 30.7. The average molecular weight is 1190 g/mol. The minimum Gasteiger partial charge on any atom is -0.508 e. The van der Waals surface area contributed by atoms with Gasteiger partial charge in [-0.1, -0.05) is 116 Å². The maximum atomic E-state index is 13.5. The van der Waals surface area contributed by atoms with Gasteiger partial charge in [0.05, 0.1) is 43.1 Å². The largest absolute Gasteiger partial charge is 0.508 e. The van der Waals surface area contributed by atoms with Gasteiger partial charge in [0.1, 0.15) is 29.1 Å². The summed E-state index contributed by atoms with van der Waals surface area (Å²) in [7, 11) is 0. The van der Waals surface area contributed by atoms with Crippen molar-refractivity contribution >= 4 is 70.5 Å². The van der Waals surface area contributed by atoms with Crippen molar-refractivity contribution in [1.29, 1.82) is 0 Å². The third-order valence-corrected chi connectivity index (χ3v) is 14.9. The molecule has 0 radical (unpaired) electrons. The molecule has 0 saturated carbocycles. The molecule has 22 nitrogen and oxygen atoms in total. The molecule has 0 aliphatic heterocycles. The van der Waals surface area contributed by atoms with Crippen LogP contribution in [0, 0.1) is 11.8 Å². The number of hydrogen-bond donors (Lipinski definition) is 10. The Morgan fingerprint density at radius 1 is 0.440 bits per heavy atom. The SMILES string of the molecule is CCCC[C@H](NCC(=O)[C@H](Cc1ccc(O)cc1)NC(C)=O)C(=O)CN[C@@H](CCCCNC(=O)CC[C@H](CC(=O)CC[C@H](NC(=O)CC[C@H](CC(=O)CCCCCCCCCCCCCCCCC(=O)O)C(=O)O)C(=O)O)C(=O)O)C(=O)CC. The summed E-state index contributed by atoms with van der Waals surface area (Å²) in [4.78, 5) is 149. The highest BCUT2D eigenvalue weighted by Crippen LogP contribution is 2.20. The molecular weight excluding hydrogens is 1090 g/mol. The van der Waals surface area contributed by atoms with Crippen LogP contribution in [0.1, 0.15) is 225 Å². The number of nitrogens with one attached hydrogen (secondary N) is 5. The lowest BCUT2D eigenvalue weighted by Crippen LogP contribution is -2.50. The number of carboxylic acids is 4. The van der Waals surface area contributed by atoms with E-state index in [2.05, 4.69) is 26.6 Å². The minimum atomic E-state index is -1.52. The van der Waals surface area contributed by atoms with E-state index in [1.54, 1.807) is 19.1 Å². The summed E-state index contributed by atoms with van der Waals surface area (Å²) in [5.74, 6) is -10.3. The number of hydrogen-bond acceptors (Lipinski definition) is 15. The van der Waals surface area contributed by atoms with E-state index < -0.39 is 96.2 Å². The number of phenolic OH excluding ortho intramolecular Hbond substituents is 1. The van der Waals surface area contributed by atoms with Crippen molar-refractivity contribution in [2.45, 2.75) is 250 Å². The lowest BCUT2D eigenvalue weighted by Gasteiger charge is -2.22. The van der Waals surface area contributed by atoms with Gasteiger partial charge in [0, 0.05) is 64.8 Å². The molecule has 474 valence electrons. The normalized spacial score (nSPS) is 13.3. The van der Waals surface area contributed by atoms with Crippen LogP contribution in [0.3, 0.4) is 0 Å². The molecule has 0 aromatic heterocycles. The zero-order chi connectivity index (χ0) is 62.7. The van der Waals surface area contributed by atoms with Crippen molar-refractivity contribution in [3.8, 4) is 5.75 Å². The minimum absolute atomic E-state index is 0.0620. The van der Waals surface area contributed by atoms with Gasteiger partial charge in [0.2, 0.25) is 17.7 Å². The Hall–Kier alpha value is -6.42. The maximum absolute atomic E-state index is 13.5. The number of unbranched alkanes of at least 4 members (excludes halogenated alkanes) is 15. The molecule has 1 rings (SSSR count). The lowest BCUT2D eigenvalue weighted by molar-refractivity contribution is -0.145. The first-order valence-electron chi connectivity index (χ1n) is 30.7. The van der Waals surface area contributed by atoms with Crippen molar-refractivity contribution in [2.75, 3.05) is 19.6 Å². The summed E-state index contributed by atoms with van der Waals surface area (Å²) in [5.41, 5.74) is 0.721. The molecule has 0 saturated heterocycles. The Kier molecular flexibility index (Phi) is 41.3. The Labute approximate surface area is 496 Å². The number of benzene rings is 1. The maximum Gasteiger partial charge on any atom is 0.326 e. The highest BCUT2D eigenvalue weighted by Gasteiger charge is 2.29. The number of rotatable bonds is 55. The Morgan fingerprint density at radius 3 is 1.38 bits per heavy atom. The van der Waals surface area contributed by atoms with Crippen LogP contribution in [0.15, 0.2) is 24.3 Å². The standard InChI is InChI=1S/C62H99N5O17/c1-4-6-24-51(65-42-56(74)53(66-43(3)68)38-44-27-31-47(69)32-28-44)55(73)41-64-50(54(72)5-2)25-21-22-37-63-57(75)35-29-45(60(79)80)40-49(71)33-34-52(62(83)84)67-58(76)36-30-46(61(81)82)39-48(70)23-19-17-15-13-11-9-7-8-10-12-14-16-18-20-26-59(77)78/h27-28,31-32,45-46,50-53,64-65,69H,4-26,29-30,33-42H2,1-3H3,(H,63,75)(H,66,68)(H,67,76)(H,77,78)(H,79,80)(H,81,82)(H,83,84)/t45-,46-,50+,51+,52+,53+/m1/s1. The van der Waals surface area contributed by atoms with Gasteiger partial charge in [-0.15, -0.1) is 0 Å². The van der Waals surface area contributed by atoms with Gasteiger partial charge in [-0.2, -0.15) is 0 Å². The van der Waals surface area contributed by atoms with E-state index in [1.807, 2.05) is 6.92 Å². The second-order valence-corrected chi connectivity index (χ2v) is 22.2. The molecule has 10 N–H and O–H groups in total. The molecule has 84 heavy (non-hydrogen) atoms. The van der Waals surface area contributed by atoms with Gasteiger partial charge in [-0.05, 0) is 81.9 Å². The van der Waals surface area contributed by atoms with Crippen LogP contribution >= 0.6 is 0 Å². The van der Waals surface area contributed by atoms with Gasteiger partial charge in [-0.3, -0.25) is 52.7 Å². The second-order valence-electron chi connectivity index (χ2n) is 22.2. The van der Waals surface area contributed by atoms with Gasteiger partial charge < -0.3 is 52.1 Å². The number of aromatic hydroxyl groups is 1. The van der Waals surface area contributed by atoms with Crippen molar-refractivity contribution in [3.63, 3.8) is 0 Å². The number of aliphatic carboxylic acids is 4. The summed E-state index contributed by atoms with van der Waals surface area (Å²) in [5, 5.41) is 61.4. The monoisotopic (exact) mass is 1190 g/mol. The van der Waals surface area contributed by atoms with Crippen molar-refractivity contribution in [3.05, 3.63) is 29.8 Å². The van der Waals surface area contributed by atoms with Crippen LogP contribution in [-0.2, 0) is 64.0 Å². The number of ketones is 5. The fraction of sp³-hybridized carbons (Fsp3) is 0.710. The molecule has 0 bridgehead atoms. The van der Waals surface area contributed by atoms with Crippen LogP contribution in [0.25, 0.3) is 0 Å². The number of Topliss-reactive ketones (excluding diaryl/α,β-unsaturated/α-hetero) is 5. The fourth-order valence-corrected chi connectivity index (χ4v) is 9.79. The highest BCUT2D eigenvalue weighted by atomic mass is 16.4. The Morgan fingerprint density at radius 2 is 0.905 bits per heavy atom. The smallest absolute Gasteiger partial charge is 0.326 e. The number of carbonyl (C=O) groups is 12. The number of phenols is 1. The third-order valence-electron chi connectivity index (χ3n) is 14.9. The van der Waals surface area contributed by atoms with E-state index in [-0.39, 0.29) is 113 Å². The quantitative estimate of drug-likeness (QED) is 0.0282. The molecule has 0 aliphatic rings. The van der Waals surface area contributed by atoms with Crippen LogP contribution in [-0.4, -0.2) is 140 Å². The Bertz CT molecular complexity index is 2200. The van der Waals surface area contributed by atoms with Gasteiger partial charge in [0.25, 0.3) is 0 Å². The molecule has 0 unspecified atom stereocenters. The summed E-state index contributed by atoms with van der Waals surface area (Å²) in [6.45, 7) is 4.84. The Balaban J connectivity index is 2.48. The third kappa shape index (κ3) is 37.7. The molecule has 6 atom stereocenters. The van der Waals surface area contributed by atoms with Gasteiger partial charge in [-0.25, -0.2) is 4.79 Å². The molecule has 22 heteroatoms. The number of carboxylic acid groups (broad SMARTS) is 4. The molecule has 1 aromatic carbocycles. The number of amides is 3. The lowest BCUT2D eigenvalue weighted by atomic mass is 9.94. The van der Waals surface area contributed by atoms with Crippen LogP contribution < -0.4 is 26.6 Å². The predicted molar refractivity (Wildman–Crippen MR) is 315 cm³/mol. The average Bonchev–Trinajstić information content (AvgIpc) is 3.61. The zero-order valence-electron chi connectivity index (χ0n) is 50.2. The van der Waals surface area contributed by atoms with Gasteiger partial charge in [0.15, 0.2) is 11.6 Å². The number of carbonyl (C=O) groups excluding carboxylic acids is 8. The van der Waals surface area contributed by atoms with E-state index >= 15 is 0 Å². The summed E-state index contributed by atoms with van der Waals surface area (Å²) in [6, 6.07) is 2.52. The fourth-order valence-electron chi connectivity index (χ4n) is 9.79. The van der Waals surface area contributed by atoms with Crippen LogP contribution in [0.4, 0.5) is 0 Å². The predicted octanol–water partition coefficient (Wildman–Crippen LogP) is 7.51. The van der Waals surface area contributed by atoms with Crippen LogP contribution in [0.2, 0.25) is 0 Å². The van der Waals surface area contributed by atoms with E-state index in [9.17, 15) is 78.0 Å². The summed E-state index contributed by atoms with van der Waals surface area (Å²) < 4.78 is 0. The molecule has 1 aromatic rings. The van der Waals surface area contributed by atoms with E-state index in [4.69, 9.17) is 5.11 Å². The van der Waals surface area contributed by atoms with Gasteiger partial charge >= 0.3 is 23.9 Å². The highest BCUT2D eigenvalue weighted by molar-refractivity contribution is 5.92. The first-order chi connectivity index (χ1) is 40.1. The molecular formula is C62H99N5O17. The van der Waals surface area contributed by atoms with Crippen molar-refractivity contribution in [1.82, 2.24) is 26.6 Å². The first kappa shape index (κ1) is 75.6. The van der Waals surface area contributed by atoms with E-state index in [0.29, 0.717) is 38.5 Å².